The minimum Gasteiger partial charge on any atom is -0.309 e. The second-order valence-electron chi connectivity index (χ2n) is 15.4. The zero-order valence-corrected chi connectivity index (χ0v) is 36.1. The number of fused-ring (bicyclic) bond motifs is 6. The molecule has 0 unspecified atom stereocenters. The molecule has 0 amide bonds. The number of rotatable bonds is 7. The number of hydrogen-bond acceptors (Lipinski definition) is 4. The first kappa shape index (κ1) is 38.1. The Balaban J connectivity index is 0.00000444. The first-order valence-electron chi connectivity index (χ1n) is 20.7. The zero-order chi connectivity index (χ0) is 41.0. The molecule has 0 aliphatic rings. The van der Waals surface area contributed by atoms with Crippen LogP contribution in [0.15, 0.2) is 212 Å². The summed E-state index contributed by atoms with van der Waals surface area (Å²) in [5, 5.41) is 4.60. The van der Waals surface area contributed by atoms with Crippen molar-refractivity contribution in [2.24, 2.45) is 0 Å². The van der Waals surface area contributed by atoms with E-state index in [9.17, 15) is 0 Å². The maximum atomic E-state index is 5.26. The topological polar surface area (TPSA) is 61.4 Å². The van der Waals surface area contributed by atoms with Crippen LogP contribution in [-0.4, -0.2) is 29.1 Å². The van der Waals surface area contributed by atoms with Crippen LogP contribution in [0.2, 0.25) is 0 Å². The molecule has 0 fully saturated rings. The van der Waals surface area contributed by atoms with Gasteiger partial charge in [-0.1, -0.05) is 133 Å². The Bertz CT molecular complexity index is 3560. The van der Waals surface area contributed by atoms with E-state index in [1.807, 2.05) is 66.9 Å². The summed E-state index contributed by atoms with van der Waals surface area (Å²) in [7, 11) is 0. The molecule has 299 valence electrons. The Kier molecular flexibility index (Phi) is 9.61. The first-order chi connectivity index (χ1) is 30.7. The predicted octanol–water partition coefficient (Wildman–Crippen LogP) is 13.6. The monoisotopic (exact) mass is 984 g/mol. The molecule has 12 rings (SSSR count). The van der Waals surface area contributed by atoms with Gasteiger partial charge < -0.3 is 9.55 Å². The van der Waals surface area contributed by atoms with E-state index in [0.717, 1.165) is 83.2 Å². The van der Waals surface area contributed by atoms with Crippen LogP contribution in [0.25, 0.3) is 112 Å². The van der Waals surface area contributed by atoms with Crippen molar-refractivity contribution < 1.29 is 20.1 Å². The van der Waals surface area contributed by atoms with E-state index in [1.165, 1.54) is 10.8 Å². The number of para-hydroxylation sites is 2. The Hall–Kier alpha value is -7.83. The average Bonchev–Trinajstić information content (AvgIpc) is 3.85. The van der Waals surface area contributed by atoms with Gasteiger partial charge in [-0.05, 0) is 77.0 Å². The van der Waals surface area contributed by atoms with Crippen molar-refractivity contribution in [1.29, 1.82) is 0 Å². The molecule has 0 aliphatic carbocycles. The number of benzene rings is 8. The van der Waals surface area contributed by atoms with Gasteiger partial charge in [0.2, 0.25) is 5.95 Å². The van der Waals surface area contributed by atoms with Crippen molar-refractivity contribution in [3.05, 3.63) is 219 Å². The Morgan fingerprint density at radius 1 is 0.365 bits per heavy atom. The molecule has 4 aromatic heterocycles. The summed E-state index contributed by atoms with van der Waals surface area (Å²) in [6.07, 6.45) is 1.82. The molecule has 1 radical (unpaired) electrons. The normalized spacial score (nSPS) is 11.4. The smallest absolute Gasteiger partial charge is 0.238 e. The molecular weight excluding hydrogens is 949 g/mol. The average molecular weight is 984 g/mol. The van der Waals surface area contributed by atoms with Crippen LogP contribution in [0, 0.1) is 6.07 Å². The fourth-order valence-corrected chi connectivity index (χ4v) is 8.82. The van der Waals surface area contributed by atoms with Gasteiger partial charge in [-0.2, -0.15) is 9.97 Å². The SMILES string of the molecule is [Ir].[c-]1ccc(-c2cccc(-c3ccc4c(c3)c3cc5c6ccccc6n(-c6ccccc6)c5cc3n4-c3nc(-c4ccccc4)nc(-c4ccccc4)n3)c2)cc1-c1ccccn1. The molecule has 0 saturated heterocycles. The standard InChI is InChI=1S/C56H35N6.Ir/c1-4-16-37(17-5-1)54-58-55(38-18-6-2-7-19-38)60-56(59-54)62-51-30-29-42(40-21-14-20-39(32-40)41-22-15-23-43(33-41)49-27-12-13-31-57-49)34-46(51)48-35-47-45-26-10-11-28-50(45)61(52(47)36-53(48)62)44-24-8-3-9-25-44;/h1-22,24-36H;/q-1;. The van der Waals surface area contributed by atoms with Crippen molar-refractivity contribution in [2.75, 3.05) is 0 Å². The fourth-order valence-electron chi connectivity index (χ4n) is 8.82. The van der Waals surface area contributed by atoms with Crippen molar-refractivity contribution >= 4 is 43.6 Å². The van der Waals surface area contributed by atoms with E-state index >= 15 is 0 Å². The van der Waals surface area contributed by atoms with Gasteiger partial charge in [-0.3, -0.25) is 4.57 Å². The molecule has 12 aromatic rings. The molecule has 4 heterocycles. The summed E-state index contributed by atoms with van der Waals surface area (Å²) in [4.78, 5) is 20.1. The molecule has 0 N–H and O–H groups in total. The van der Waals surface area contributed by atoms with Crippen molar-refractivity contribution in [1.82, 2.24) is 29.1 Å². The largest absolute Gasteiger partial charge is 0.309 e. The summed E-state index contributed by atoms with van der Waals surface area (Å²) >= 11 is 0. The fraction of sp³-hybridized carbons (Fsp3) is 0. The van der Waals surface area contributed by atoms with Crippen LogP contribution in [0.5, 0.6) is 0 Å². The third kappa shape index (κ3) is 6.72. The summed E-state index contributed by atoms with van der Waals surface area (Å²) in [5.41, 5.74) is 13.5. The summed E-state index contributed by atoms with van der Waals surface area (Å²) < 4.78 is 4.58. The minimum absolute atomic E-state index is 0. The zero-order valence-electron chi connectivity index (χ0n) is 33.7. The molecule has 0 saturated carbocycles. The van der Waals surface area contributed by atoms with Crippen LogP contribution in [0.4, 0.5) is 0 Å². The molecule has 0 aliphatic heterocycles. The maximum absolute atomic E-state index is 5.26. The molecule has 7 heteroatoms. The first-order valence-corrected chi connectivity index (χ1v) is 20.7. The van der Waals surface area contributed by atoms with E-state index < -0.39 is 0 Å². The second kappa shape index (κ2) is 15.9. The third-order valence-electron chi connectivity index (χ3n) is 11.7. The van der Waals surface area contributed by atoms with Gasteiger partial charge in [0.1, 0.15) is 0 Å². The number of nitrogens with zero attached hydrogens (tertiary/aromatic N) is 6. The summed E-state index contributed by atoms with van der Waals surface area (Å²) in [6, 6.07) is 75.4. The van der Waals surface area contributed by atoms with Gasteiger partial charge in [-0.25, -0.2) is 4.98 Å². The molecule has 8 aromatic carbocycles. The third-order valence-corrected chi connectivity index (χ3v) is 11.7. The second-order valence-corrected chi connectivity index (χ2v) is 15.4. The van der Waals surface area contributed by atoms with E-state index in [1.54, 1.807) is 0 Å². The van der Waals surface area contributed by atoms with Gasteiger partial charge in [0.25, 0.3) is 0 Å². The van der Waals surface area contributed by atoms with Gasteiger partial charge in [-0.15, -0.1) is 35.4 Å². The molecule has 0 spiro atoms. The van der Waals surface area contributed by atoms with E-state index in [-0.39, 0.29) is 20.1 Å². The van der Waals surface area contributed by atoms with Crippen molar-refractivity contribution in [2.45, 2.75) is 0 Å². The Labute approximate surface area is 377 Å². The molecule has 6 nitrogen and oxygen atoms in total. The van der Waals surface area contributed by atoms with Crippen LogP contribution < -0.4 is 0 Å². The minimum atomic E-state index is 0. The van der Waals surface area contributed by atoms with E-state index in [2.05, 4.69) is 166 Å². The Morgan fingerprint density at radius 3 is 1.65 bits per heavy atom. The van der Waals surface area contributed by atoms with Crippen LogP contribution in [0.1, 0.15) is 0 Å². The summed E-state index contributed by atoms with van der Waals surface area (Å²) in [5.74, 6) is 1.78. The van der Waals surface area contributed by atoms with Crippen molar-refractivity contribution in [3.63, 3.8) is 0 Å². The van der Waals surface area contributed by atoms with Gasteiger partial charge in [0, 0.05) is 64.7 Å². The quantitative estimate of drug-likeness (QED) is 0.149. The number of aromatic nitrogens is 6. The van der Waals surface area contributed by atoms with E-state index in [4.69, 9.17) is 15.0 Å². The number of hydrogen-bond donors (Lipinski definition) is 0. The Morgan fingerprint density at radius 2 is 0.937 bits per heavy atom. The van der Waals surface area contributed by atoms with E-state index in [0.29, 0.717) is 17.6 Å². The number of pyridine rings is 1. The van der Waals surface area contributed by atoms with Crippen LogP contribution in [0.3, 0.4) is 0 Å². The maximum Gasteiger partial charge on any atom is 0.238 e. The van der Waals surface area contributed by atoms with Crippen LogP contribution >= 0.6 is 0 Å². The van der Waals surface area contributed by atoms with Gasteiger partial charge in [0.15, 0.2) is 11.6 Å². The summed E-state index contributed by atoms with van der Waals surface area (Å²) in [6.45, 7) is 0. The van der Waals surface area contributed by atoms with Crippen molar-refractivity contribution in [3.8, 4) is 67.9 Å². The van der Waals surface area contributed by atoms with Gasteiger partial charge in [0.05, 0.1) is 22.1 Å². The molecule has 63 heavy (non-hydrogen) atoms. The molecule has 0 atom stereocenters. The van der Waals surface area contributed by atoms with Gasteiger partial charge >= 0.3 is 0 Å². The molecular formula is C56H35IrN6-. The molecule has 0 bridgehead atoms. The van der Waals surface area contributed by atoms with Crippen LogP contribution in [-0.2, 0) is 20.1 Å². The predicted molar refractivity (Wildman–Crippen MR) is 252 cm³/mol.